The minimum absolute atomic E-state index is 0.561. The van der Waals surface area contributed by atoms with E-state index in [9.17, 15) is 0 Å². The lowest BCUT2D eigenvalue weighted by atomic mass is 10.2. The summed E-state index contributed by atoms with van der Waals surface area (Å²) in [6, 6.07) is 4.52. The topological polar surface area (TPSA) is 28.2 Å². The fraction of sp³-hybridized carbons (Fsp3) is 0.643. The maximum absolute atomic E-state index is 6.17. The van der Waals surface area contributed by atoms with E-state index in [1.807, 2.05) is 12.1 Å². The van der Waals surface area contributed by atoms with Crippen molar-refractivity contribution in [3.8, 4) is 0 Å². The van der Waals surface area contributed by atoms with Crippen LogP contribution in [0.15, 0.2) is 12.1 Å². The first kappa shape index (κ1) is 13.6. The van der Waals surface area contributed by atoms with Crippen molar-refractivity contribution in [3.63, 3.8) is 0 Å². The van der Waals surface area contributed by atoms with Gasteiger partial charge in [-0.2, -0.15) is 0 Å². The highest BCUT2D eigenvalue weighted by Crippen LogP contribution is 2.36. The van der Waals surface area contributed by atoms with Gasteiger partial charge in [0.15, 0.2) is 0 Å². The molecule has 1 heterocycles. The molecule has 1 unspecified atom stereocenters. The Kier molecular flexibility index (Phi) is 4.46. The zero-order valence-corrected chi connectivity index (χ0v) is 12.2. The van der Waals surface area contributed by atoms with Gasteiger partial charge in [0, 0.05) is 19.6 Å². The van der Waals surface area contributed by atoms with Crippen molar-refractivity contribution in [2.45, 2.75) is 39.3 Å². The highest BCUT2D eigenvalue weighted by Gasteiger charge is 2.31. The number of nitrogens with zero attached hydrogens (tertiary/aromatic N) is 2. The summed E-state index contributed by atoms with van der Waals surface area (Å²) in [7, 11) is 2.12. The van der Waals surface area contributed by atoms with E-state index in [0.29, 0.717) is 6.04 Å². The zero-order chi connectivity index (χ0) is 13.1. The van der Waals surface area contributed by atoms with E-state index < -0.39 is 0 Å². The number of halogens is 1. The van der Waals surface area contributed by atoms with Crippen molar-refractivity contribution in [2.24, 2.45) is 5.92 Å². The van der Waals surface area contributed by atoms with Gasteiger partial charge >= 0.3 is 0 Å². The summed E-state index contributed by atoms with van der Waals surface area (Å²) < 4.78 is 0. The summed E-state index contributed by atoms with van der Waals surface area (Å²) in [5.74, 6) is 1.86. The molecule has 1 aliphatic carbocycles. The zero-order valence-electron chi connectivity index (χ0n) is 11.4. The molecule has 0 amide bonds. The van der Waals surface area contributed by atoms with Crippen LogP contribution in [0.4, 0.5) is 5.82 Å². The molecule has 0 saturated heterocycles. The number of pyridine rings is 1. The lowest BCUT2D eigenvalue weighted by molar-refractivity contribution is 0.601. The van der Waals surface area contributed by atoms with E-state index in [0.717, 1.165) is 35.5 Å². The van der Waals surface area contributed by atoms with E-state index in [1.54, 1.807) is 0 Å². The molecule has 1 fully saturated rings. The average molecular weight is 268 g/mol. The molecule has 1 saturated carbocycles. The smallest absolute Gasteiger partial charge is 0.128 e. The Morgan fingerprint density at radius 2 is 2.22 bits per heavy atom. The first-order valence-electron chi connectivity index (χ1n) is 6.72. The van der Waals surface area contributed by atoms with Crippen LogP contribution >= 0.6 is 11.6 Å². The van der Waals surface area contributed by atoms with Gasteiger partial charge in [-0.15, -0.1) is 0 Å². The fourth-order valence-electron chi connectivity index (χ4n) is 2.14. The first-order valence-corrected chi connectivity index (χ1v) is 7.10. The molecule has 2 rings (SSSR count). The van der Waals surface area contributed by atoms with E-state index in [4.69, 9.17) is 11.6 Å². The van der Waals surface area contributed by atoms with E-state index in [1.165, 1.54) is 12.8 Å². The highest BCUT2D eigenvalue weighted by molar-refractivity contribution is 6.31. The minimum atomic E-state index is 0.561. The molecule has 0 radical (unpaired) electrons. The van der Waals surface area contributed by atoms with Crippen molar-refractivity contribution >= 4 is 17.4 Å². The Balaban J connectivity index is 2.11. The lowest BCUT2D eigenvalue weighted by Gasteiger charge is -2.26. The Labute approximate surface area is 115 Å². The largest absolute Gasteiger partial charge is 0.357 e. The normalized spacial score (nSPS) is 16.7. The van der Waals surface area contributed by atoms with Gasteiger partial charge in [-0.3, -0.25) is 0 Å². The van der Waals surface area contributed by atoms with E-state index in [-0.39, 0.29) is 0 Å². The van der Waals surface area contributed by atoms with Crippen LogP contribution in [0, 0.1) is 5.92 Å². The quantitative estimate of drug-likeness (QED) is 0.859. The molecule has 0 aromatic carbocycles. The summed E-state index contributed by atoms with van der Waals surface area (Å²) in [6.45, 7) is 6.02. The summed E-state index contributed by atoms with van der Waals surface area (Å²) in [5, 5.41) is 4.01. The third kappa shape index (κ3) is 3.15. The number of anilines is 1. The number of rotatable bonds is 6. The molecule has 1 aliphatic rings. The molecule has 100 valence electrons. The summed E-state index contributed by atoms with van der Waals surface area (Å²) in [6.07, 6.45) is 2.70. The summed E-state index contributed by atoms with van der Waals surface area (Å²) in [5.41, 5.74) is 0.936. The molecule has 1 atom stereocenters. The van der Waals surface area contributed by atoms with Gasteiger partial charge in [-0.1, -0.05) is 18.5 Å². The first-order chi connectivity index (χ1) is 8.63. The van der Waals surface area contributed by atoms with Gasteiger partial charge in [0.2, 0.25) is 0 Å². The van der Waals surface area contributed by atoms with Gasteiger partial charge in [-0.05, 0) is 44.4 Å². The molecule has 1 N–H and O–H groups in total. The van der Waals surface area contributed by atoms with E-state index >= 15 is 0 Å². The van der Waals surface area contributed by atoms with Crippen molar-refractivity contribution in [3.05, 3.63) is 22.8 Å². The van der Waals surface area contributed by atoms with Gasteiger partial charge in [-0.25, -0.2) is 4.98 Å². The van der Waals surface area contributed by atoms with Crippen LogP contribution in [-0.2, 0) is 6.54 Å². The third-order valence-corrected chi connectivity index (χ3v) is 4.07. The van der Waals surface area contributed by atoms with E-state index in [2.05, 4.69) is 36.1 Å². The van der Waals surface area contributed by atoms with Crippen molar-refractivity contribution in [2.75, 3.05) is 18.5 Å². The summed E-state index contributed by atoms with van der Waals surface area (Å²) in [4.78, 5) is 6.94. The number of aromatic nitrogens is 1. The second-order valence-corrected chi connectivity index (χ2v) is 5.47. The predicted molar refractivity (Wildman–Crippen MR) is 77.2 cm³/mol. The average Bonchev–Trinajstić information content (AvgIpc) is 3.20. The molecular weight excluding hydrogens is 246 g/mol. The number of hydrogen-bond acceptors (Lipinski definition) is 3. The van der Waals surface area contributed by atoms with Gasteiger partial charge in [0.05, 0.1) is 10.7 Å². The van der Waals surface area contributed by atoms with Crippen molar-refractivity contribution in [1.29, 1.82) is 0 Å². The lowest BCUT2D eigenvalue weighted by Crippen LogP contribution is -2.31. The molecule has 0 aliphatic heterocycles. The second kappa shape index (κ2) is 5.89. The van der Waals surface area contributed by atoms with Gasteiger partial charge in [0.1, 0.15) is 5.82 Å². The molecule has 3 nitrogen and oxygen atoms in total. The van der Waals surface area contributed by atoms with Gasteiger partial charge < -0.3 is 10.2 Å². The van der Waals surface area contributed by atoms with Crippen molar-refractivity contribution < 1.29 is 0 Å². The van der Waals surface area contributed by atoms with Crippen LogP contribution in [0.1, 0.15) is 32.4 Å². The Morgan fingerprint density at radius 1 is 1.50 bits per heavy atom. The molecule has 1 aromatic heterocycles. The molecular formula is C14H22ClN3. The standard InChI is InChI=1S/C14H22ClN3/c1-4-16-9-13-12(15)7-8-14(17-13)18(3)10(2)11-5-6-11/h7-8,10-11,16H,4-6,9H2,1-3H3. The Bertz CT molecular complexity index is 404. The Hall–Kier alpha value is -0.800. The number of hydrogen-bond donors (Lipinski definition) is 1. The molecule has 0 spiro atoms. The predicted octanol–water partition coefficient (Wildman–Crippen LogP) is 3.08. The fourth-order valence-corrected chi connectivity index (χ4v) is 2.31. The highest BCUT2D eigenvalue weighted by atomic mass is 35.5. The number of nitrogens with one attached hydrogen (secondary N) is 1. The minimum Gasteiger partial charge on any atom is -0.357 e. The molecule has 1 aromatic rings. The van der Waals surface area contributed by atoms with Crippen LogP contribution in [0.2, 0.25) is 5.02 Å². The Morgan fingerprint density at radius 3 is 2.83 bits per heavy atom. The van der Waals surface area contributed by atoms with Crippen LogP contribution in [-0.4, -0.2) is 24.6 Å². The van der Waals surface area contributed by atoms with Crippen LogP contribution in [0.25, 0.3) is 0 Å². The monoisotopic (exact) mass is 267 g/mol. The van der Waals surface area contributed by atoms with Crippen molar-refractivity contribution in [1.82, 2.24) is 10.3 Å². The second-order valence-electron chi connectivity index (χ2n) is 5.07. The maximum atomic E-state index is 6.17. The third-order valence-electron chi connectivity index (χ3n) is 3.72. The maximum Gasteiger partial charge on any atom is 0.128 e. The molecule has 18 heavy (non-hydrogen) atoms. The van der Waals surface area contributed by atoms with Crippen LogP contribution < -0.4 is 10.2 Å². The van der Waals surface area contributed by atoms with Crippen LogP contribution in [0.5, 0.6) is 0 Å². The van der Waals surface area contributed by atoms with Crippen LogP contribution in [0.3, 0.4) is 0 Å². The summed E-state index contributed by atoms with van der Waals surface area (Å²) >= 11 is 6.17. The van der Waals surface area contributed by atoms with Gasteiger partial charge in [0.25, 0.3) is 0 Å². The molecule has 4 heteroatoms. The SMILES string of the molecule is CCNCc1nc(N(C)C(C)C2CC2)ccc1Cl. The molecule has 0 bridgehead atoms.